The van der Waals surface area contributed by atoms with Gasteiger partial charge in [-0.2, -0.15) is 0 Å². The minimum atomic E-state index is -1.05. The monoisotopic (exact) mass is 286 g/mol. The van der Waals surface area contributed by atoms with Crippen LogP contribution in [0.1, 0.15) is 6.92 Å². The Hall–Kier alpha value is -2.02. The Balaban J connectivity index is 2.60. The van der Waals surface area contributed by atoms with Gasteiger partial charge in [0.2, 0.25) is 11.8 Å². The summed E-state index contributed by atoms with van der Waals surface area (Å²) in [6, 6.07) is 3.03. The number of amides is 2. The van der Waals surface area contributed by atoms with E-state index in [9.17, 15) is 18.4 Å². The molecule has 0 aliphatic rings. The van der Waals surface area contributed by atoms with Gasteiger partial charge in [0, 0.05) is 32.3 Å². The van der Waals surface area contributed by atoms with Gasteiger partial charge in [-0.05, 0) is 12.1 Å². The van der Waals surface area contributed by atoms with Gasteiger partial charge in [0.1, 0.15) is 0 Å². The number of carbonyl (C=O) groups is 2. The van der Waals surface area contributed by atoms with Gasteiger partial charge in [-0.3, -0.25) is 9.59 Å². The molecular weight excluding hydrogens is 270 g/mol. The summed E-state index contributed by atoms with van der Waals surface area (Å²) in [4.78, 5) is 24.3. The van der Waals surface area contributed by atoms with Crippen LogP contribution in [-0.2, 0) is 14.3 Å². The molecule has 1 aromatic carbocycles. The molecule has 0 spiro atoms. The van der Waals surface area contributed by atoms with Gasteiger partial charge in [-0.25, -0.2) is 8.78 Å². The first-order valence-corrected chi connectivity index (χ1v) is 5.93. The third kappa shape index (κ3) is 4.93. The molecule has 0 heterocycles. The predicted molar refractivity (Wildman–Crippen MR) is 69.1 cm³/mol. The van der Waals surface area contributed by atoms with Gasteiger partial charge < -0.3 is 15.0 Å². The minimum absolute atomic E-state index is 0.129. The number of halogens is 2. The molecule has 1 rings (SSSR count). The largest absolute Gasteiger partial charge is 0.383 e. The molecule has 1 N–H and O–H groups in total. The summed E-state index contributed by atoms with van der Waals surface area (Å²) < 4.78 is 30.6. The average Bonchev–Trinajstić information content (AvgIpc) is 2.38. The van der Waals surface area contributed by atoms with Crippen molar-refractivity contribution in [2.24, 2.45) is 0 Å². The fourth-order valence-electron chi connectivity index (χ4n) is 1.50. The number of benzene rings is 1. The Labute approximate surface area is 115 Å². The van der Waals surface area contributed by atoms with Crippen molar-refractivity contribution in [3.8, 4) is 0 Å². The molecule has 5 nitrogen and oxygen atoms in total. The van der Waals surface area contributed by atoms with Gasteiger partial charge >= 0.3 is 0 Å². The van der Waals surface area contributed by atoms with E-state index in [2.05, 4.69) is 5.32 Å². The van der Waals surface area contributed by atoms with E-state index in [-0.39, 0.29) is 24.7 Å². The maximum Gasteiger partial charge on any atom is 0.243 e. The van der Waals surface area contributed by atoms with Crippen LogP contribution < -0.4 is 5.32 Å². The van der Waals surface area contributed by atoms with Crippen molar-refractivity contribution in [1.82, 2.24) is 4.90 Å². The number of nitrogens with one attached hydrogen (secondary N) is 1. The standard InChI is InChI=1S/C13H16F2N2O3/c1-9(18)17(5-6-20-2)8-13(19)16-10-3-4-11(14)12(15)7-10/h3-4,7H,5-6,8H2,1-2H3,(H,16,19). The molecule has 20 heavy (non-hydrogen) atoms. The van der Waals surface area contributed by atoms with E-state index in [0.29, 0.717) is 6.61 Å². The molecule has 0 radical (unpaired) electrons. The molecule has 0 bridgehead atoms. The van der Waals surface area contributed by atoms with Gasteiger partial charge in [-0.1, -0.05) is 0 Å². The molecule has 0 unspecified atom stereocenters. The number of methoxy groups -OCH3 is 1. The second-order valence-corrected chi connectivity index (χ2v) is 4.11. The summed E-state index contributed by atoms with van der Waals surface area (Å²) >= 11 is 0. The highest BCUT2D eigenvalue weighted by Gasteiger charge is 2.14. The van der Waals surface area contributed by atoms with E-state index in [0.717, 1.165) is 12.1 Å². The van der Waals surface area contributed by atoms with Crippen molar-refractivity contribution in [1.29, 1.82) is 0 Å². The Kier molecular flexibility index (Phi) is 6.05. The van der Waals surface area contributed by atoms with Crippen LogP contribution in [0.25, 0.3) is 0 Å². The third-order valence-corrected chi connectivity index (χ3v) is 2.55. The summed E-state index contributed by atoms with van der Waals surface area (Å²) in [7, 11) is 1.49. The maximum atomic E-state index is 13.0. The first-order valence-electron chi connectivity index (χ1n) is 5.93. The van der Waals surface area contributed by atoms with Crippen LogP contribution in [0.15, 0.2) is 18.2 Å². The normalized spacial score (nSPS) is 10.2. The molecule has 0 atom stereocenters. The second-order valence-electron chi connectivity index (χ2n) is 4.11. The highest BCUT2D eigenvalue weighted by Crippen LogP contribution is 2.12. The van der Waals surface area contributed by atoms with Crippen LogP contribution in [0, 0.1) is 11.6 Å². The van der Waals surface area contributed by atoms with Crippen molar-refractivity contribution >= 4 is 17.5 Å². The second kappa shape index (κ2) is 7.54. The third-order valence-electron chi connectivity index (χ3n) is 2.55. The molecule has 0 saturated carbocycles. The summed E-state index contributed by atoms with van der Waals surface area (Å²) in [5, 5.41) is 2.39. The van der Waals surface area contributed by atoms with Gasteiger partial charge in [0.15, 0.2) is 11.6 Å². The van der Waals surface area contributed by atoms with Crippen LogP contribution in [0.4, 0.5) is 14.5 Å². The van der Waals surface area contributed by atoms with Crippen LogP contribution in [-0.4, -0.2) is 43.5 Å². The molecule has 0 fully saturated rings. The van der Waals surface area contributed by atoms with E-state index < -0.39 is 17.5 Å². The van der Waals surface area contributed by atoms with Gasteiger partial charge in [0.25, 0.3) is 0 Å². The number of anilines is 1. The molecule has 0 saturated heterocycles. The smallest absolute Gasteiger partial charge is 0.243 e. The molecule has 110 valence electrons. The van der Waals surface area contributed by atoms with Crippen LogP contribution >= 0.6 is 0 Å². The van der Waals surface area contributed by atoms with E-state index in [4.69, 9.17) is 4.74 Å². The number of hydrogen-bond donors (Lipinski definition) is 1. The zero-order valence-corrected chi connectivity index (χ0v) is 11.3. The Morgan fingerprint density at radius 3 is 2.55 bits per heavy atom. The lowest BCUT2D eigenvalue weighted by atomic mass is 10.3. The highest BCUT2D eigenvalue weighted by atomic mass is 19.2. The lowest BCUT2D eigenvalue weighted by Gasteiger charge is -2.20. The average molecular weight is 286 g/mol. The number of carbonyl (C=O) groups excluding carboxylic acids is 2. The maximum absolute atomic E-state index is 13.0. The predicted octanol–water partition coefficient (Wildman–Crippen LogP) is 1.40. The Bertz CT molecular complexity index is 495. The number of nitrogens with zero attached hydrogens (tertiary/aromatic N) is 1. The summed E-state index contributed by atoms with van der Waals surface area (Å²) in [5.74, 6) is -2.82. The first-order chi connectivity index (χ1) is 9.43. The minimum Gasteiger partial charge on any atom is -0.383 e. The number of rotatable bonds is 6. The lowest BCUT2D eigenvalue weighted by Crippen LogP contribution is -2.38. The van der Waals surface area contributed by atoms with Crippen molar-refractivity contribution in [3.63, 3.8) is 0 Å². The lowest BCUT2D eigenvalue weighted by molar-refractivity contribution is -0.133. The molecule has 0 aliphatic heterocycles. The molecule has 2 amide bonds. The molecule has 1 aromatic rings. The topological polar surface area (TPSA) is 58.6 Å². The Morgan fingerprint density at radius 1 is 1.30 bits per heavy atom. The van der Waals surface area contributed by atoms with Crippen LogP contribution in [0.2, 0.25) is 0 Å². The van der Waals surface area contributed by atoms with Crippen LogP contribution in [0.3, 0.4) is 0 Å². The van der Waals surface area contributed by atoms with Gasteiger partial charge in [0.05, 0.1) is 13.2 Å². The fraction of sp³-hybridized carbons (Fsp3) is 0.385. The fourth-order valence-corrected chi connectivity index (χ4v) is 1.50. The quantitative estimate of drug-likeness (QED) is 0.860. The van der Waals surface area contributed by atoms with E-state index in [1.807, 2.05) is 0 Å². The van der Waals surface area contributed by atoms with Crippen LogP contribution in [0.5, 0.6) is 0 Å². The van der Waals surface area contributed by atoms with E-state index >= 15 is 0 Å². The SMILES string of the molecule is COCCN(CC(=O)Nc1ccc(F)c(F)c1)C(C)=O. The first kappa shape index (κ1) is 16.0. The van der Waals surface area contributed by atoms with E-state index in [1.54, 1.807) is 0 Å². The van der Waals surface area contributed by atoms with Crippen molar-refractivity contribution in [2.75, 3.05) is 32.1 Å². The van der Waals surface area contributed by atoms with Gasteiger partial charge in [-0.15, -0.1) is 0 Å². The molecular formula is C13H16F2N2O3. The van der Waals surface area contributed by atoms with Crippen molar-refractivity contribution in [3.05, 3.63) is 29.8 Å². The number of ether oxygens (including phenoxy) is 1. The molecule has 0 aromatic heterocycles. The zero-order valence-electron chi connectivity index (χ0n) is 11.3. The highest BCUT2D eigenvalue weighted by molar-refractivity contribution is 5.94. The zero-order chi connectivity index (χ0) is 15.1. The summed E-state index contributed by atoms with van der Waals surface area (Å²) in [6.07, 6.45) is 0. The van der Waals surface area contributed by atoms with Crippen molar-refractivity contribution in [2.45, 2.75) is 6.92 Å². The number of hydrogen-bond acceptors (Lipinski definition) is 3. The molecule has 0 aliphatic carbocycles. The van der Waals surface area contributed by atoms with Crippen molar-refractivity contribution < 1.29 is 23.1 Å². The summed E-state index contributed by atoms with van der Waals surface area (Å²) in [5.41, 5.74) is 0.129. The molecule has 7 heteroatoms. The Morgan fingerprint density at radius 2 is 2.00 bits per heavy atom. The summed E-state index contributed by atoms with van der Waals surface area (Å²) in [6.45, 7) is 1.73. The van der Waals surface area contributed by atoms with E-state index in [1.165, 1.54) is 25.0 Å².